The normalized spacial score (nSPS) is 10.2. The molecule has 5 nitrogen and oxygen atoms in total. The van der Waals surface area contributed by atoms with E-state index in [1.54, 1.807) is 60.7 Å². The lowest BCUT2D eigenvalue weighted by atomic mass is 10.2. The van der Waals surface area contributed by atoms with Crippen LogP contribution in [0.3, 0.4) is 0 Å². The molecule has 0 radical (unpaired) electrons. The van der Waals surface area contributed by atoms with Gasteiger partial charge in [0, 0.05) is 22.5 Å². The molecule has 24 heavy (non-hydrogen) atoms. The minimum Gasteiger partial charge on any atom is -0.325 e. The van der Waals surface area contributed by atoms with Crippen LogP contribution in [0, 0.1) is 11.3 Å². The van der Waals surface area contributed by atoms with Gasteiger partial charge >= 0.3 is 0 Å². The van der Waals surface area contributed by atoms with Crippen molar-refractivity contribution >= 4 is 40.9 Å². The number of carbonyl (C=O) groups excluding carboxylic acids is 2. The van der Waals surface area contributed by atoms with E-state index >= 15 is 0 Å². The molecule has 0 bridgehead atoms. The van der Waals surface area contributed by atoms with Crippen molar-refractivity contribution in [3.05, 3.63) is 65.2 Å². The first-order chi connectivity index (χ1) is 11.6. The van der Waals surface area contributed by atoms with Crippen LogP contribution in [0.2, 0.25) is 5.02 Å². The Bertz CT molecular complexity index is 808. The number of nitrogens with zero attached hydrogens (tertiary/aromatic N) is 1. The lowest BCUT2D eigenvalue weighted by molar-refractivity contribution is -0.115. The highest BCUT2D eigenvalue weighted by Crippen LogP contribution is 2.16. The molecular weight excluding hydrogens is 326 g/mol. The topological polar surface area (TPSA) is 82.0 Å². The van der Waals surface area contributed by atoms with Crippen LogP contribution in [-0.4, -0.2) is 11.8 Å². The summed E-state index contributed by atoms with van der Waals surface area (Å²) in [6.45, 7) is 0. The molecule has 2 aromatic carbocycles. The zero-order chi connectivity index (χ0) is 17.4. The first kappa shape index (κ1) is 17.3. The quantitative estimate of drug-likeness (QED) is 0.812. The standard InChI is InChI=1S/C18H14ClN3O2/c19-14-7-4-13(5-8-14)6-9-17(23)21-15-2-1-3-16(12-15)22-18(24)10-11-20/h1-9,12H,10H2,(H,21,23)(H,22,24)/b9-6+. The highest BCUT2D eigenvalue weighted by molar-refractivity contribution is 6.30. The van der Waals surface area contributed by atoms with E-state index in [9.17, 15) is 9.59 Å². The van der Waals surface area contributed by atoms with Crippen molar-refractivity contribution in [1.82, 2.24) is 0 Å². The van der Waals surface area contributed by atoms with Gasteiger partial charge < -0.3 is 10.6 Å². The lowest BCUT2D eigenvalue weighted by Crippen LogP contribution is -2.11. The van der Waals surface area contributed by atoms with E-state index in [1.807, 2.05) is 0 Å². The van der Waals surface area contributed by atoms with Gasteiger partial charge in [0.2, 0.25) is 11.8 Å². The second-order valence-corrected chi connectivity index (χ2v) is 5.27. The van der Waals surface area contributed by atoms with Crippen molar-refractivity contribution in [2.24, 2.45) is 0 Å². The highest BCUT2D eigenvalue weighted by Gasteiger charge is 2.03. The average molecular weight is 340 g/mol. The molecule has 0 saturated heterocycles. The Morgan fingerprint density at radius 2 is 1.75 bits per heavy atom. The molecule has 120 valence electrons. The minimum absolute atomic E-state index is 0.222. The van der Waals surface area contributed by atoms with Crippen molar-refractivity contribution in [3.8, 4) is 6.07 Å². The number of hydrogen-bond acceptors (Lipinski definition) is 3. The number of amides is 2. The molecule has 0 aliphatic carbocycles. The molecule has 0 heterocycles. The van der Waals surface area contributed by atoms with Crippen LogP contribution >= 0.6 is 11.6 Å². The Balaban J connectivity index is 1.97. The van der Waals surface area contributed by atoms with Crippen LogP contribution in [0.4, 0.5) is 11.4 Å². The monoisotopic (exact) mass is 339 g/mol. The number of carbonyl (C=O) groups is 2. The van der Waals surface area contributed by atoms with Gasteiger partial charge in [0.15, 0.2) is 0 Å². The summed E-state index contributed by atoms with van der Waals surface area (Å²) in [7, 11) is 0. The van der Waals surface area contributed by atoms with Gasteiger partial charge in [0.25, 0.3) is 0 Å². The highest BCUT2D eigenvalue weighted by atomic mass is 35.5. The van der Waals surface area contributed by atoms with Gasteiger partial charge in [-0.05, 0) is 42.0 Å². The predicted molar refractivity (Wildman–Crippen MR) is 94.4 cm³/mol. The van der Waals surface area contributed by atoms with Crippen molar-refractivity contribution in [2.45, 2.75) is 6.42 Å². The summed E-state index contributed by atoms with van der Waals surface area (Å²) in [6, 6.07) is 15.5. The summed E-state index contributed by atoms with van der Waals surface area (Å²) in [4.78, 5) is 23.3. The van der Waals surface area contributed by atoms with E-state index in [1.165, 1.54) is 6.08 Å². The predicted octanol–water partition coefficient (Wildman–Crippen LogP) is 3.84. The molecule has 2 aromatic rings. The van der Waals surface area contributed by atoms with E-state index in [2.05, 4.69) is 10.6 Å². The van der Waals surface area contributed by atoms with Crippen molar-refractivity contribution in [1.29, 1.82) is 5.26 Å². The van der Waals surface area contributed by atoms with Gasteiger partial charge in [-0.1, -0.05) is 29.8 Å². The van der Waals surface area contributed by atoms with Gasteiger partial charge in [-0.3, -0.25) is 9.59 Å². The molecule has 6 heteroatoms. The largest absolute Gasteiger partial charge is 0.325 e. The summed E-state index contributed by atoms with van der Waals surface area (Å²) in [6.07, 6.45) is 2.86. The fourth-order valence-corrected chi connectivity index (χ4v) is 2.01. The van der Waals surface area contributed by atoms with Crippen LogP contribution < -0.4 is 10.6 Å². The third-order valence-electron chi connectivity index (χ3n) is 2.95. The van der Waals surface area contributed by atoms with E-state index in [4.69, 9.17) is 16.9 Å². The van der Waals surface area contributed by atoms with Gasteiger partial charge in [0.1, 0.15) is 6.42 Å². The van der Waals surface area contributed by atoms with Crippen LogP contribution in [-0.2, 0) is 9.59 Å². The summed E-state index contributed by atoms with van der Waals surface area (Å²) in [5.74, 6) is -0.700. The minimum atomic E-state index is -0.399. The molecule has 2 rings (SSSR count). The maximum absolute atomic E-state index is 11.9. The molecule has 0 atom stereocenters. The van der Waals surface area contributed by atoms with E-state index < -0.39 is 5.91 Å². The van der Waals surface area contributed by atoms with Gasteiger partial charge in [-0.15, -0.1) is 0 Å². The molecule has 2 N–H and O–H groups in total. The number of rotatable bonds is 5. The number of benzene rings is 2. The van der Waals surface area contributed by atoms with Crippen LogP contribution in [0.1, 0.15) is 12.0 Å². The Labute approximate surface area is 144 Å². The molecule has 0 aliphatic heterocycles. The first-order valence-corrected chi connectivity index (χ1v) is 7.46. The number of nitriles is 1. The maximum atomic E-state index is 11.9. The average Bonchev–Trinajstić information content (AvgIpc) is 2.55. The molecule has 2 amide bonds. The molecule has 0 aromatic heterocycles. The molecular formula is C18H14ClN3O2. The first-order valence-electron chi connectivity index (χ1n) is 7.08. The Morgan fingerprint density at radius 1 is 1.08 bits per heavy atom. The smallest absolute Gasteiger partial charge is 0.248 e. The number of anilines is 2. The molecule has 0 fully saturated rings. The number of hydrogen-bond donors (Lipinski definition) is 2. The summed E-state index contributed by atoms with van der Waals surface area (Å²) < 4.78 is 0. The Morgan fingerprint density at radius 3 is 2.42 bits per heavy atom. The van der Waals surface area contributed by atoms with Crippen LogP contribution in [0.5, 0.6) is 0 Å². The zero-order valence-electron chi connectivity index (χ0n) is 12.6. The molecule has 0 spiro atoms. The fraction of sp³-hybridized carbons (Fsp3) is 0.0556. The second-order valence-electron chi connectivity index (χ2n) is 4.84. The Kier molecular flexibility index (Phi) is 6.12. The summed E-state index contributed by atoms with van der Waals surface area (Å²) in [5.41, 5.74) is 1.90. The van der Waals surface area contributed by atoms with Gasteiger partial charge in [0.05, 0.1) is 6.07 Å². The number of nitrogens with one attached hydrogen (secondary N) is 2. The van der Waals surface area contributed by atoms with E-state index in [0.29, 0.717) is 16.4 Å². The van der Waals surface area contributed by atoms with Crippen molar-refractivity contribution < 1.29 is 9.59 Å². The SMILES string of the molecule is N#CCC(=O)Nc1cccc(NC(=O)/C=C/c2ccc(Cl)cc2)c1. The zero-order valence-corrected chi connectivity index (χ0v) is 13.4. The second kappa shape index (κ2) is 8.51. The van der Waals surface area contributed by atoms with Crippen LogP contribution in [0.25, 0.3) is 6.08 Å². The number of halogens is 1. The van der Waals surface area contributed by atoms with Crippen molar-refractivity contribution in [3.63, 3.8) is 0 Å². The molecule has 0 saturated carbocycles. The van der Waals surface area contributed by atoms with Crippen molar-refractivity contribution in [2.75, 3.05) is 10.6 Å². The van der Waals surface area contributed by atoms with E-state index in [-0.39, 0.29) is 12.3 Å². The summed E-state index contributed by atoms with van der Waals surface area (Å²) in [5, 5.41) is 14.4. The third-order valence-corrected chi connectivity index (χ3v) is 3.20. The van der Waals surface area contributed by atoms with Gasteiger partial charge in [-0.2, -0.15) is 5.26 Å². The van der Waals surface area contributed by atoms with E-state index in [0.717, 1.165) is 5.56 Å². The Hall–Kier alpha value is -3.10. The molecule has 0 unspecified atom stereocenters. The summed E-state index contributed by atoms with van der Waals surface area (Å²) >= 11 is 5.80. The third kappa shape index (κ3) is 5.59. The molecule has 0 aliphatic rings. The maximum Gasteiger partial charge on any atom is 0.248 e. The lowest BCUT2D eigenvalue weighted by Gasteiger charge is -2.06. The van der Waals surface area contributed by atoms with Gasteiger partial charge in [-0.25, -0.2) is 0 Å². The van der Waals surface area contributed by atoms with Crippen LogP contribution in [0.15, 0.2) is 54.6 Å². The fourth-order valence-electron chi connectivity index (χ4n) is 1.88.